The van der Waals surface area contributed by atoms with Gasteiger partial charge in [0.05, 0.1) is 0 Å². The zero-order valence-electron chi connectivity index (χ0n) is 15.7. The number of allylic oxidation sites excluding steroid dienone is 2. The Labute approximate surface area is 150 Å². The van der Waals surface area contributed by atoms with Gasteiger partial charge in [-0.3, -0.25) is 9.59 Å². The van der Waals surface area contributed by atoms with Crippen LogP contribution in [0.15, 0.2) is 60.2 Å². The average Bonchev–Trinajstić information content (AvgIpc) is 2.57. The quantitative estimate of drug-likeness (QED) is 0.684. The number of rotatable bonds is 4. The van der Waals surface area contributed by atoms with Crippen molar-refractivity contribution in [3.63, 3.8) is 0 Å². The normalized spacial score (nSPS) is 11.0. The summed E-state index contributed by atoms with van der Waals surface area (Å²) < 4.78 is 0. The number of benzene rings is 2. The molecule has 0 saturated heterocycles. The Morgan fingerprint density at radius 1 is 0.720 bits per heavy atom. The number of carbonyl (C=O) groups excluding carboxylic acids is 2. The van der Waals surface area contributed by atoms with Gasteiger partial charge in [-0.2, -0.15) is 0 Å². The van der Waals surface area contributed by atoms with E-state index in [0.29, 0.717) is 0 Å². The van der Waals surface area contributed by atoms with E-state index >= 15 is 0 Å². The van der Waals surface area contributed by atoms with Crippen molar-refractivity contribution >= 4 is 23.7 Å². The molecule has 0 aromatic heterocycles. The first-order chi connectivity index (χ1) is 11.8. The highest BCUT2D eigenvalue weighted by atomic mass is 16.1. The lowest BCUT2D eigenvalue weighted by Crippen LogP contribution is -1.90. The summed E-state index contributed by atoms with van der Waals surface area (Å²) in [6.45, 7) is 9.05. The Morgan fingerprint density at radius 2 is 1.16 bits per heavy atom. The molecule has 2 nitrogen and oxygen atoms in total. The maximum Gasteiger partial charge on any atom is 0.155 e. The summed E-state index contributed by atoms with van der Waals surface area (Å²) >= 11 is 0. The molecule has 0 bridgehead atoms. The van der Waals surface area contributed by atoms with Gasteiger partial charge in [0, 0.05) is 0 Å². The molecule has 0 heterocycles. The molecule has 2 aromatic carbocycles. The highest BCUT2D eigenvalue weighted by molar-refractivity contribution is 5.97. The first kappa shape index (κ1) is 20.3. The van der Waals surface area contributed by atoms with E-state index < -0.39 is 0 Å². The lowest BCUT2D eigenvalue weighted by Gasteiger charge is -1.97. The van der Waals surface area contributed by atoms with Crippen LogP contribution in [-0.4, -0.2) is 11.6 Å². The van der Waals surface area contributed by atoms with Crippen LogP contribution in [0.5, 0.6) is 0 Å². The van der Waals surface area contributed by atoms with Crippen LogP contribution in [0.3, 0.4) is 0 Å². The standard InChI is InChI=1S/C12H14O.C11H12O/c1-9-4-6-12(7-5-9)8-10(2)11(3)13;1-9-3-6-11(7-4-9)8-5-10(2)12/h4-8H,1-3H3;3-8H,1-2H3. The van der Waals surface area contributed by atoms with E-state index in [4.69, 9.17) is 0 Å². The average molecular weight is 334 g/mol. The third kappa shape index (κ3) is 8.61. The summed E-state index contributed by atoms with van der Waals surface area (Å²) in [5, 5.41) is 0. The number of carbonyl (C=O) groups is 2. The Kier molecular flexibility index (Phi) is 8.28. The molecule has 0 amide bonds. The topological polar surface area (TPSA) is 34.1 Å². The van der Waals surface area contributed by atoms with Gasteiger partial charge in [0.1, 0.15) is 0 Å². The molecule has 0 atom stereocenters. The van der Waals surface area contributed by atoms with E-state index in [9.17, 15) is 9.59 Å². The zero-order valence-corrected chi connectivity index (χ0v) is 15.7. The van der Waals surface area contributed by atoms with Gasteiger partial charge in [0.25, 0.3) is 0 Å². The van der Waals surface area contributed by atoms with Crippen LogP contribution in [0.2, 0.25) is 0 Å². The molecule has 2 heteroatoms. The van der Waals surface area contributed by atoms with Gasteiger partial charge in [0.15, 0.2) is 11.6 Å². The molecule has 2 aromatic rings. The van der Waals surface area contributed by atoms with Gasteiger partial charge in [-0.15, -0.1) is 0 Å². The molecular formula is C23H26O2. The van der Waals surface area contributed by atoms with Crippen molar-refractivity contribution in [2.75, 3.05) is 0 Å². The summed E-state index contributed by atoms with van der Waals surface area (Å²) in [5.41, 5.74) is 5.41. The van der Waals surface area contributed by atoms with Gasteiger partial charge >= 0.3 is 0 Å². The van der Waals surface area contributed by atoms with Gasteiger partial charge in [-0.1, -0.05) is 65.7 Å². The molecule has 0 aliphatic carbocycles. The largest absolute Gasteiger partial charge is 0.295 e. The van der Waals surface area contributed by atoms with Crippen molar-refractivity contribution in [1.82, 2.24) is 0 Å². The summed E-state index contributed by atoms with van der Waals surface area (Å²) in [7, 11) is 0. The van der Waals surface area contributed by atoms with Crippen LogP contribution in [0.4, 0.5) is 0 Å². The zero-order chi connectivity index (χ0) is 18.8. The first-order valence-electron chi connectivity index (χ1n) is 8.29. The predicted octanol–water partition coefficient (Wildman–Crippen LogP) is 5.58. The molecule has 0 aliphatic rings. The van der Waals surface area contributed by atoms with Crippen LogP contribution in [0.25, 0.3) is 12.2 Å². The van der Waals surface area contributed by atoms with Crippen LogP contribution in [0, 0.1) is 13.8 Å². The van der Waals surface area contributed by atoms with Crippen molar-refractivity contribution in [3.8, 4) is 0 Å². The molecule has 0 unspecified atom stereocenters. The van der Waals surface area contributed by atoms with E-state index in [1.54, 1.807) is 19.9 Å². The minimum Gasteiger partial charge on any atom is -0.295 e. The molecular weight excluding hydrogens is 308 g/mol. The highest BCUT2D eigenvalue weighted by Crippen LogP contribution is 2.08. The number of ketones is 2. The summed E-state index contributed by atoms with van der Waals surface area (Å²) in [4.78, 5) is 21.5. The fourth-order valence-corrected chi connectivity index (χ4v) is 1.91. The molecule has 0 radical (unpaired) electrons. The van der Waals surface area contributed by atoms with Crippen molar-refractivity contribution in [3.05, 3.63) is 82.4 Å². The number of Topliss-reactive ketones (excluding diaryl/α,β-unsaturated/α-hetero) is 1. The van der Waals surface area contributed by atoms with Crippen LogP contribution < -0.4 is 0 Å². The summed E-state index contributed by atoms with van der Waals surface area (Å²) in [6, 6.07) is 16.2. The van der Waals surface area contributed by atoms with Gasteiger partial charge in [-0.05, 0) is 63.5 Å². The van der Waals surface area contributed by atoms with E-state index in [2.05, 4.69) is 0 Å². The summed E-state index contributed by atoms with van der Waals surface area (Å²) in [6.07, 6.45) is 5.30. The number of hydrogen-bond acceptors (Lipinski definition) is 2. The molecule has 2 rings (SSSR count). The minimum absolute atomic E-state index is 0.0792. The van der Waals surface area contributed by atoms with E-state index in [0.717, 1.165) is 16.7 Å². The Morgan fingerprint density at radius 3 is 1.56 bits per heavy atom. The molecule has 0 fully saturated rings. The van der Waals surface area contributed by atoms with Crippen molar-refractivity contribution in [2.45, 2.75) is 34.6 Å². The monoisotopic (exact) mass is 334 g/mol. The van der Waals surface area contributed by atoms with E-state index in [1.807, 2.05) is 81.5 Å². The van der Waals surface area contributed by atoms with Gasteiger partial charge in [-0.25, -0.2) is 0 Å². The first-order valence-corrected chi connectivity index (χ1v) is 8.29. The SMILES string of the molecule is CC(=O)C(C)=Cc1ccc(C)cc1.CC(=O)C=Cc1ccc(C)cc1. The van der Waals surface area contributed by atoms with Crippen molar-refractivity contribution in [2.24, 2.45) is 0 Å². The van der Waals surface area contributed by atoms with Crippen molar-refractivity contribution < 1.29 is 9.59 Å². The third-order valence-corrected chi connectivity index (χ3v) is 3.60. The maximum absolute atomic E-state index is 10.9. The Hall–Kier alpha value is -2.74. The van der Waals surface area contributed by atoms with Crippen LogP contribution >= 0.6 is 0 Å². The fraction of sp³-hybridized carbons (Fsp3) is 0.217. The fourth-order valence-electron chi connectivity index (χ4n) is 1.91. The minimum atomic E-state index is 0.0792. The smallest absolute Gasteiger partial charge is 0.155 e. The molecule has 0 saturated carbocycles. The molecule has 0 aliphatic heterocycles. The second-order valence-corrected chi connectivity index (χ2v) is 6.15. The Balaban J connectivity index is 0.000000251. The second kappa shape index (κ2) is 10.2. The number of aryl methyl sites for hydroxylation is 2. The van der Waals surface area contributed by atoms with Crippen LogP contribution in [-0.2, 0) is 9.59 Å². The lowest BCUT2D eigenvalue weighted by atomic mass is 10.1. The van der Waals surface area contributed by atoms with E-state index in [1.165, 1.54) is 11.1 Å². The molecule has 0 spiro atoms. The van der Waals surface area contributed by atoms with Gasteiger partial charge < -0.3 is 0 Å². The maximum atomic E-state index is 10.9. The second-order valence-electron chi connectivity index (χ2n) is 6.15. The molecule has 130 valence electrons. The van der Waals surface area contributed by atoms with Crippen LogP contribution in [0.1, 0.15) is 43.0 Å². The van der Waals surface area contributed by atoms with E-state index in [-0.39, 0.29) is 11.6 Å². The molecule has 25 heavy (non-hydrogen) atoms. The third-order valence-electron chi connectivity index (χ3n) is 3.60. The molecule has 0 N–H and O–H groups in total. The Bertz CT molecular complexity index is 761. The van der Waals surface area contributed by atoms with Crippen molar-refractivity contribution in [1.29, 1.82) is 0 Å². The lowest BCUT2D eigenvalue weighted by molar-refractivity contribution is -0.114. The predicted molar refractivity (Wildman–Crippen MR) is 106 cm³/mol. The number of hydrogen-bond donors (Lipinski definition) is 0. The highest BCUT2D eigenvalue weighted by Gasteiger charge is 1.95. The summed E-state index contributed by atoms with van der Waals surface area (Å²) in [5.74, 6) is 0.205. The van der Waals surface area contributed by atoms with Gasteiger partial charge in [0.2, 0.25) is 0 Å².